The third kappa shape index (κ3) is 6.20. The second kappa shape index (κ2) is 10.6. The summed E-state index contributed by atoms with van der Waals surface area (Å²) >= 11 is 0. The molecule has 1 aliphatic heterocycles. The summed E-state index contributed by atoms with van der Waals surface area (Å²) in [4.78, 5) is 18.4. The highest BCUT2D eigenvalue weighted by Gasteiger charge is 2.22. The standard InChI is InChI=1S/C23H29N3O2/c1-2-3-7-21-18-26(17-20-6-4-5-8-22(20)28-21)16-15-25-23(27)10-9-19-11-13-24-14-12-19/h4-6,8-14,21H,2-3,7,15-18H2,1H3,(H,25,27)/b10-9+/t21-/m1/s1. The first-order chi connectivity index (χ1) is 13.7. The molecule has 0 unspecified atom stereocenters. The van der Waals surface area contributed by atoms with Crippen molar-refractivity contribution in [3.63, 3.8) is 0 Å². The van der Waals surface area contributed by atoms with E-state index in [2.05, 4.69) is 40.3 Å². The van der Waals surface area contributed by atoms with E-state index in [0.717, 1.165) is 43.8 Å². The van der Waals surface area contributed by atoms with Gasteiger partial charge in [-0.15, -0.1) is 0 Å². The molecule has 1 aromatic heterocycles. The van der Waals surface area contributed by atoms with Crippen molar-refractivity contribution in [1.29, 1.82) is 0 Å². The Morgan fingerprint density at radius 1 is 1.29 bits per heavy atom. The SMILES string of the molecule is CCCC[C@@H]1CN(CCNC(=O)/C=C/c2ccncc2)Cc2ccccc2O1. The fourth-order valence-electron chi connectivity index (χ4n) is 3.35. The number of ether oxygens (including phenoxy) is 1. The maximum atomic E-state index is 12.1. The zero-order valence-corrected chi connectivity index (χ0v) is 16.5. The van der Waals surface area contributed by atoms with Gasteiger partial charge in [-0.1, -0.05) is 31.5 Å². The first-order valence-electron chi connectivity index (χ1n) is 10.1. The lowest BCUT2D eigenvalue weighted by molar-refractivity contribution is -0.116. The molecule has 3 rings (SSSR count). The number of para-hydroxylation sites is 1. The van der Waals surface area contributed by atoms with Crippen molar-refractivity contribution in [2.45, 2.75) is 38.8 Å². The van der Waals surface area contributed by atoms with Gasteiger partial charge in [-0.3, -0.25) is 14.7 Å². The highest BCUT2D eigenvalue weighted by Crippen LogP contribution is 2.26. The number of hydrogen-bond acceptors (Lipinski definition) is 4. The predicted molar refractivity (Wildman–Crippen MR) is 112 cm³/mol. The summed E-state index contributed by atoms with van der Waals surface area (Å²) in [6.07, 6.45) is 10.4. The molecule has 28 heavy (non-hydrogen) atoms. The van der Waals surface area contributed by atoms with Crippen molar-refractivity contribution >= 4 is 12.0 Å². The number of rotatable bonds is 8. The molecule has 5 heteroatoms. The summed E-state index contributed by atoms with van der Waals surface area (Å²) in [7, 11) is 0. The van der Waals surface area contributed by atoms with E-state index in [1.54, 1.807) is 24.5 Å². The van der Waals surface area contributed by atoms with E-state index in [4.69, 9.17) is 4.74 Å². The van der Waals surface area contributed by atoms with Crippen LogP contribution in [0, 0.1) is 0 Å². The molecule has 0 bridgehead atoms. The number of amides is 1. The molecule has 0 spiro atoms. The lowest BCUT2D eigenvalue weighted by Crippen LogP contribution is -2.38. The minimum Gasteiger partial charge on any atom is -0.489 e. The Balaban J connectivity index is 1.52. The van der Waals surface area contributed by atoms with E-state index >= 15 is 0 Å². The summed E-state index contributed by atoms with van der Waals surface area (Å²) in [5, 5.41) is 2.98. The quantitative estimate of drug-likeness (QED) is 0.711. The fourth-order valence-corrected chi connectivity index (χ4v) is 3.35. The molecule has 1 N–H and O–H groups in total. The van der Waals surface area contributed by atoms with Crippen molar-refractivity contribution in [3.05, 3.63) is 66.0 Å². The Bertz CT molecular complexity index is 776. The number of carbonyl (C=O) groups excluding carboxylic acids is 1. The number of aromatic nitrogens is 1. The zero-order chi connectivity index (χ0) is 19.6. The normalized spacial score (nSPS) is 17.0. The smallest absolute Gasteiger partial charge is 0.244 e. The van der Waals surface area contributed by atoms with Gasteiger partial charge < -0.3 is 10.1 Å². The monoisotopic (exact) mass is 379 g/mol. The van der Waals surface area contributed by atoms with Crippen LogP contribution in [0.5, 0.6) is 5.75 Å². The largest absolute Gasteiger partial charge is 0.489 e. The van der Waals surface area contributed by atoms with Gasteiger partial charge in [0.1, 0.15) is 11.9 Å². The van der Waals surface area contributed by atoms with E-state index in [-0.39, 0.29) is 12.0 Å². The molecule has 1 aromatic carbocycles. The van der Waals surface area contributed by atoms with Crippen LogP contribution in [-0.2, 0) is 11.3 Å². The molecule has 0 radical (unpaired) electrons. The number of benzene rings is 1. The number of nitrogens with zero attached hydrogens (tertiary/aromatic N) is 2. The Hall–Kier alpha value is -2.66. The zero-order valence-electron chi connectivity index (χ0n) is 16.5. The Morgan fingerprint density at radius 2 is 2.11 bits per heavy atom. The summed E-state index contributed by atoms with van der Waals surface area (Å²) in [5.74, 6) is 0.918. The maximum absolute atomic E-state index is 12.1. The molecule has 0 saturated heterocycles. The topological polar surface area (TPSA) is 54.5 Å². The molecule has 1 atom stereocenters. The number of unbranched alkanes of at least 4 members (excludes halogenated alkanes) is 1. The van der Waals surface area contributed by atoms with Crippen LogP contribution >= 0.6 is 0 Å². The number of carbonyl (C=O) groups is 1. The average Bonchev–Trinajstić information content (AvgIpc) is 2.90. The van der Waals surface area contributed by atoms with Crippen LogP contribution in [0.3, 0.4) is 0 Å². The van der Waals surface area contributed by atoms with Gasteiger partial charge in [-0.05, 0) is 42.7 Å². The van der Waals surface area contributed by atoms with Crippen LogP contribution in [-0.4, -0.2) is 41.5 Å². The van der Waals surface area contributed by atoms with Gasteiger partial charge in [0.15, 0.2) is 0 Å². The molecule has 0 saturated carbocycles. The van der Waals surface area contributed by atoms with Crippen molar-refractivity contribution in [1.82, 2.24) is 15.2 Å². The molecular weight excluding hydrogens is 350 g/mol. The third-order valence-corrected chi connectivity index (χ3v) is 4.86. The van der Waals surface area contributed by atoms with Crippen molar-refractivity contribution in [3.8, 4) is 5.75 Å². The van der Waals surface area contributed by atoms with Crippen LogP contribution < -0.4 is 10.1 Å². The molecule has 148 valence electrons. The molecule has 0 aliphatic carbocycles. The molecule has 2 aromatic rings. The highest BCUT2D eigenvalue weighted by molar-refractivity contribution is 5.91. The highest BCUT2D eigenvalue weighted by atomic mass is 16.5. The minimum absolute atomic E-state index is 0.0779. The van der Waals surface area contributed by atoms with Crippen LogP contribution in [0.15, 0.2) is 54.9 Å². The molecule has 0 fully saturated rings. The minimum atomic E-state index is -0.0779. The van der Waals surface area contributed by atoms with Crippen LogP contribution in [0.1, 0.15) is 37.3 Å². The Kier molecular flexibility index (Phi) is 7.62. The fraction of sp³-hybridized carbons (Fsp3) is 0.391. The molecule has 1 amide bonds. The summed E-state index contributed by atoms with van der Waals surface area (Å²) in [6.45, 7) is 5.35. The van der Waals surface area contributed by atoms with Gasteiger partial charge in [0, 0.05) is 50.2 Å². The van der Waals surface area contributed by atoms with E-state index in [1.165, 1.54) is 12.0 Å². The first kappa shape index (κ1) is 20.1. The Morgan fingerprint density at radius 3 is 2.93 bits per heavy atom. The molecule has 2 heterocycles. The first-order valence-corrected chi connectivity index (χ1v) is 10.1. The number of fused-ring (bicyclic) bond motifs is 1. The van der Waals surface area contributed by atoms with Gasteiger partial charge in [0.25, 0.3) is 0 Å². The predicted octanol–water partition coefficient (Wildman–Crippen LogP) is 3.66. The van der Waals surface area contributed by atoms with Gasteiger partial charge >= 0.3 is 0 Å². The molecule has 1 aliphatic rings. The second-order valence-electron chi connectivity index (χ2n) is 7.13. The lowest BCUT2D eigenvalue weighted by Gasteiger charge is -2.23. The van der Waals surface area contributed by atoms with Crippen molar-refractivity contribution in [2.24, 2.45) is 0 Å². The molecule has 5 nitrogen and oxygen atoms in total. The van der Waals surface area contributed by atoms with Gasteiger partial charge in [-0.25, -0.2) is 0 Å². The van der Waals surface area contributed by atoms with E-state index in [0.29, 0.717) is 6.54 Å². The van der Waals surface area contributed by atoms with Crippen LogP contribution in [0.2, 0.25) is 0 Å². The average molecular weight is 380 g/mol. The summed E-state index contributed by atoms with van der Waals surface area (Å²) < 4.78 is 6.26. The number of pyridine rings is 1. The van der Waals surface area contributed by atoms with Gasteiger partial charge in [0.2, 0.25) is 5.91 Å². The van der Waals surface area contributed by atoms with E-state index in [9.17, 15) is 4.79 Å². The summed E-state index contributed by atoms with van der Waals surface area (Å²) in [5.41, 5.74) is 2.18. The van der Waals surface area contributed by atoms with E-state index in [1.807, 2.05) is 18.2 Å². The van der Waals surface area contributed by atoms with Crippen LogP contribution in [0.25, 0.3) is 6.08 Å². The Labute approximate surface area is 167 Å². The van der Waals surface area contributed by atoms with Crippen molar-refractivity contribution < 1.29 is 9.53 Å². The van der Waals surface area contributed by atoms with E-state index < -0.39 is 0 Å². The van der Waals surface area contributed by atoms with Gasteiger partial charge in [-0.2, -0.15) is 0 Å². The maximum Gasteiger partial charge on any atom is 0.244 e. The third-order valence-electron chi connectivity index (χ3n) is 4.86. The van der Waals surface area contributed by atoms with Crippen LogP contribution in [0.4, 0.5) is 0 Å². The van der Waals surface area contributed by atoms with Gasteiger partial charge in [0.05, 0.1) is 0 Å². The second-order valence-corrected chi connectivity index (χ2v) is 7.13. The summed E-state index contributed by atoms with van der Waals surface area (Å²) in [6, 6.07) is 12.0. The van der Waals surface area contributed by atoms with Crippen molar-refractivity contribution in [2.75, 3.05) is 19.6 Å². The lowest BCUT2D eigenvalue weighted by atomic mass is 10.1. The number of nitrogens with one attached hydrogen (secondary N) is 1. The number of hydrogen-bond donors (Lipinski definition) is 1. The molecular formula is C23H29N3O2.